The van der Waals surface area contributed by atoms with Crippen LogP contribution in [0.5, 0.6) is 11.5 Å². The van der Waals surface area contributed by atoms with Gasteiger partial charge in [0.1, 0.15) is 6.54 Å². The van der Waals surface area contributed by atoms with E-state index in [-0.39, 0.29) is 10.6 Å². The third kappa shape index (κ3) is 5.98. The smallest absolute Gasteiger partial charge is 0.264 e. The molecule has 1 atom stereocenters. The number of amides is 1. The Labute approximate surface area is 223 Å². The molecule has 1 amide bonds. The minimum absolute atomic E-state index is 0.0232. The fourth-order valence-corrected chi connectivity index (χ4v) is 5.55. The van der Waals surface area contributed by atoms with E-state index >= 15 is 0 Å². The van der Waals surface area contributed by atoms with E-state index in [0.717, 1.165) is 21.0 Å². The van der Waals surface area contributed by atoms with Crippen molar-refractivity contribution in [3.05, 3.63) is 120 Å². The van der Waals surface area contributed by atoms with E-state index < -0.39 is 28.5 Å². The van der Waals surface area contributed by atoms with Gasteiger partial charge in [-0.3, -0.25) is 9.10 Å². The lowest BCUT2D eigenvalue weighted by molar-refractivity contribution is -0.120. The number of aryl methyl sites for hydroxylation is 1. The van der Waals surface area contributed by atoms with Gasteiger partial charge in [-0.1, -0.05) is 78.4 Å². The number of hydrogen-bond acceptors (Lipinski definition) is 5. The summed E-state index contributed by atoms with van der Waals surface area (Å²) in [7, 11) is -1.23. The molecular formula is C30H30N2O5S. The standard InChI is InChI=1S/C30H30N2O5S/c1-22-14-16-24(17-15-22)30(23-10-6-4-7-11-23)31-29(33)21-32(25-12-8-5-9-13-25)38(34,35)26-18-19-27(36-2)28(20-26)37-3/h4-20,30H,21H2,1-3H3,(H,31,33)/t30-/m1/s1. The number of anilines is 1. The van der Waals surface area contributed by atoms with Crippen LogP contribution in [-0.2, 0) is 14.8 Å². The minimum atomic E-state index is -4.14. The average molecular weight is 531 g/mol. The van der Waals surface area contributed by atoms with Gasteiger partial charge in [0.15, 0.2) is 11.5 Å². The van der Waals surface area contributed by atoms with Crippen LogP contribution in [0, 0.1) is 6.92 Å². The largest absolute Gasteiger partial charge is 0.493 e. The molecule has 196 valence electrons. The van der Waals surface area contributed by atoms with Crippen molar-refractivity contribution in [1.82, 2.24) is 5.32 Å². The molecule has 0 radical (unpaired) electrons. The molecule has 0 aliphatic carbocycles. The Balaban J connectivity index is 1.69. The third-order valence-corrected chi connectivity index (χ3v) is 7.89. The fourth-order valence-electron chi connectivity index (χ4n) is 4.11. The molecule has 0 saturated carbocycles. The highest BCUT2D eigenvalue weighted by molar-refractivity contribution is 7.92. The Morgan fingerprint density at radius 2 is 1.37 bits per heavy atom. The Kier molecular flexibility index (Phi) is 8.33. The zero-order valence-electron chi connectivity index (χ0n) is 21.5. The highest BCUT2D eigenvalue weighted by atomic mass is 32.2. The van der Waals surface area contributed by atoms with E-state index in [9.17, 15) is 13.2 Å². The van der Waals surface area contributed by atoms with Crippen molar-refractivity contribution < 1.29 is 22.7 Å². The second-order valence-corrected chi connectivity index (χ2v) is 10.5. The van der Waals surface area contributed by atoms with Crippen molar-refractivity contribution in [3.63, 3.8) is 0 Å². The Morgan fingerprint density at radius 3 is 1.97 bits per heavy atom. The molecule has 1 N–H and O–H groups in total. The molecule has 0 aliphatic rings. The lowest BCUT2D eigenvalue weighted by Gasteiger charge is -2.26. The van der Waals surface area contributed by atoms with Crippen molar-refractivity contribution in [2.45, 2.75) is 17.9 Å². The van der Waals surface area contributed by atoms with Crippen LogP contribution in [0.2, 0.25) is 0 Å². The molecule has 8 heteroatoms. The first-order valence-electron chi connectivity index (χ1n) is 12.0. The molecule has 0 bridgehead atoms. The van der Waals surface area contributed by atoms with Gasteiger partial charge in [0.25, 0.3) is 10.0 Å². The summed E-state index contributed by atoms with van der Waals surface area (Å²) in [6.07, 6.45) is 0. The van der Waals surface area contributed by atoms with Gasteiger partial charge in [0.05, 0.1) is 30.8 Å². The maximum absolute atomic E-state index is 13.8. The van der Waals surface area contributed by atoms with E-state index in [1.54, 1.807) is 30.3 Å². The van der Waals surface area contributed by atoms with Gasteiger partial charge < -0.3 is 14.8 Å². The monoisotopic (exact) mass is 530 g/mol. The topological polar surface area (TPSA) is 84.9 Å². The predicted octanol–water partition coefficient (Wildman–Crippen LogP) is 5.11. The van der Waals surface area contributed by atoms with Gasteiger partial charge >= 0.3 is 0 Å². The summed E-state index contributed by atoms with van der Waals surface area (Å²) in [5.74, 6) is 0.223. The molecule has 0 aromatic heterocycles. The number of hydrogen-bond donors (Lipinski definition) is 1. The number of nitrogens with one attached hydrogen (secondary N) is 1. The van der Waals surface area contributed by atoms with Crippen LogP contribution in [0.1, 0.15) is 22.7 Å². The van der Waals surface area contributed by atoms with E-state index in [1.807, 2.05) is 61.5 Å². The van der Waals surface area contributed by atoms with E-state index in [4.69, 9.17) is 9.47 Å². The second kappa shape index (κ2) is 11.8. The summed E-state index contributed by atoms with van der Waals surface area (Å²) in [6.45, 7) is 1.58. The molecule has 4 aromatic carbocycles. The van der Waals surface area contributed by atoms with Crippen LogP contribution in [-0.4, -0.2) is 35.1 Å². The number of benzene rings is 4. The van der Waals surface area contributed by atoms with Gasteiger partial charge in [-0.2, -0.15) is 0 Å². The van der Waals surface area contributed by atoms with Gasteiger partial charge in [-0.05, 0) is 42.3 Å². The summed E-state index contributed by atoms with van der Waals surface area (Å²) < 4.78 is 39.4. The first-order valence-corrected chi connectivity index (χ1v) is 13.5. The summed E-state index contributed by atoms with van der Waals surface area (Å²) >= 11 is 0. The molecule has 4 rings (SSSR count). The zero-order valence-corrected chi connectivity index (χ0v) is 22.3. The molecule has 0 unspecified atom stereocenters. The third-order valence-electron chi connectivity index (χ3n) is 6.12. The minimum Gasteiger partial charge on any atom is -0.493 e. The Bertz CT molecular complexity index is 1470. The zero-order chi connectivity index (χ0) is 27.1. The van der Waals surface area contributed by atoms with Gasteiger partial charge in [-0.15, -0.1) is 0 Å². The molecule has 7 nitrogen and oxygen atoms in total. The predicted molar refractivity (Wildman–Crippen MR) is 148 cm³/mol. The number of ether oxygens (including phenoxy) is 2. The molecule has 0 fully saturated rings. The summed E-state index contributed by atoms with van der Waals surface area (Å²) in [6, 6.07) is 29.9. The molecule has 4 aromatic rings. The van der Waals surface area contributed by atoms with Crippen molar-refractivity contribution in [1.29, 1.82) is 0 Å². The van der Waals surface area contributed by atoms with E-state index in [1.165, 1.54) is 32.4 Å². The molecule has 38 heavy (non-hydrogen) atoms. The van der Waals surface area contributed by atoms with Crippen molar-refractivity contribution >= 4 is 21.6 Å². The number of nitrogens with zero attached hydrogens (tertiary/aromatic N) is 1. The van der Waals surface area contributed by atoms with Gasteiger partial charge in [0, 0.05) is 6.07 Å². The van der Waals surface area contributed by atoms with Crippen molar-refractivity contribution in [2.75, 3.05) is 25.1 Å². The second-order valence-electron chi connectivity index (χ2n) is 8.69. The number of carbonyl (C=O) groups is 1. The van der Waals surface area contributed by atoms with Gasteiger partial charge in [0.2, 0.25) is 5.91 Å². The molecule has 0 heterocycles. The van der Waals surface area contributed by atoms with Crippen LogP contribution in [0.15, 0.2) is 108 Å². The Morgan fingerprint density at radius 1 is 0.789 bits per heavy atom. The first-order chi connectivity index (χ1) is 18.3. The molecule has 0 aliphatic heterocycles. The van der Waals surface area contributed by atoms with E-state index in [2.05, 4.69) is 5.32 Å². The molecule has 0 spiro atoms. The number of methoxy groups -OCH3 is 2. The highest BCUT2D eigenvalue weighted by Gasteiger charge is 2.29. The van der Waals surface area contributed by atoms with Gasteiger partial charge in [-0.25, -0.2) is 8.42 Å². The molecular weight excluding hydrogens is 500 g/mol. The van der Waals surface area contributed by atoms with Crippen LogP contribution in [0.25, 0.3) is 0 Å². The normalized spacial score (nSPS) is 11.9. The quantitative estimate of drug-likeness (QED) is 0.308. The van der Waals surface area contributed by atoms with E-state index in [0.29, 0.717) is 11.4 Å². The van der Waals surface area contributed by atoms with Crippen LogP contribution in [0.3, 0.4) is 0 Å². The van der Waals surface area contributed by atoms with Crippen LogP contribution >= 0.6 is 0 Å². The summed E-state index contributed by atoms with van der Waals surface area (Å²) in [4.78, 5) is 13.5. The Hall–Kier alpha value is -4.30. The summed E-state index contributed by atoms with van der Waals surface area (Å²) in [5, 5.41) is 3.04. The number of para-hydroxylation sites is 1. The van der Waals surface area contributed by atoms with Crippen molar-refractivity contribution in [2.24, 2.45) is 0 Å². The SMILES string of the molecule is COc1ccc(S(=O)(=O)N(CC(=O)N[C@H](c2ccccc2)c2ccc(C)cc2)c2ccccc2)cc1OC. The maximum atomic E-state index is 13.8. The molecule has 0 saturated heterocycles. The lowest BCUT2D eigenvalue weighted by Crippen LogP contribution is -2.42. The fraction of sp³-hybridized carbons (Fsp3) is 0.167. The highest BCUT2D eigenvalue weighted by Crippen LogP contribution is 2.32. The van der Waals surface area contributed by atoms with Crippen molar-refractivity contribution in [3.8, 4) is 11.5 Å². The number of carbonyl (C=O) groups excluding carboxylic acids is 1. The lowest BCUT2D eigenvalue weighted by atomic mass is 9.98. The van der Waals surface area contributed by atoms with Crippen LogP contribution < -0.4 is 19.1 Å². The maximum Gasteiger partial charge on any atom is 0.264 e. The number of sulfonamides is 1. The number of rotatable bonds is 10. The van der Waals surface area contributed by atoms with Crippen LogP contribution in [0.4, 0.5) is 5.69 Å². The summed E-state index contributed by atoms with van der Waals surface area (Å²) in [5.41, 5.74) is 3.25. The first kappa shape index (κ1) is 26.8. The average Bonchev–Trinajstić information content (AvgIpc) is 2.95.